The van der Waals surface area contributed by atoms with E-state index in [0.29, 0.717) is 6.54 Å². The van der Waals surface area contributed by atoms with Gasteiger partial charge in [0.05, 0.1) is 5.02 Å². The summed E-state index contributed by atoms with van der Waals surface area (Å²) in [6, 6.07) is 4.71. The molecule has 0 aliphatic heterocycles. The average molecular weight is 257 g/mol. The molecule has 0 aliphatic carbocycles. The van der Waals surface area contributed by atoms with Crippen molar-refractivity contribution in [3.05, 3.63) is 46.8 Å². The van der Waals surface area contributed by atoms with E-state index >= 15 is 0 Å². The Morgan fingerprint density at radius 2 is 2.29 bits per heavy atom. The van der Waals surface area contributed by atoms with Gasteiger partial charge >= 0.3 is 0 Å². The van der Waals surface area contributed by atoms with Gasteiger partial charge < -0.3 is 11.1 Å². The maximum atomic E-state index is 13.0. The highest BCUT2D eigenvalue weighted by atomic mass is 35.5. The van der Waals surface area contributed by atoms with Crippen LogP contribution in [0.4, 0.5) is 4.39 Å². The number of halogens is 2. The van der Waals surface area contributed by atoms with Crippen LogP contribution < -0.4 is 11.1 Å². The lowest BCUT2D eigenvalue weighted by molar-refractivity contribution is 0.546. The number of nitrogens with one attached hydrogen (secondary N) is 1. The third-order valence-corrected chi connectivity index (χ3v) is 2.81. The minimum atomic E-state index is -0.403. The van der Waals surface area contributed by atoms with Crippen LogP contribution in [-0.2, 0) is 0 Å². The van der Waals surface area contributed by atoms with Crippen molar-refractivity contribution < 1.29 is 4.39 Å². The van der Waals surface area contributed by atoms with E-state index in [1.54, 1.807) is 12.1 Å². The Kier molecular flexibility index (Phi) is 6.19. The fraction of sp³-hybridized carbons (Fsp3) is 0.385. The van der Waals surface area contributed by atoms with Gasteiger partial charge in [-0.25, -0.2) is 4.39 Å². The SMILES string of the molecule is C/C=C/CCNC(CN)c1ccc(F)c(Cl)c1. The van der Waals surface area contributed by atoms with Gasteiger partial charge in [-0.3, -0.25) is 0 Å². The number of allylic oxidation sites excluding steroid dienone is 1. The lowest BCUT2D eigenvalue weighted by Gasteiger charge is -2.17. The monoisotopic (exact) mass is 256 g/mol. The molecule has 1 aromatic carbocycles. The van der Waals surface area contributed by atoms with Gasteiger partial charge in [-0.15, -0.1) is 0 Å². The first kappa shape index (κ1) is 14.2. The smallest absolute Gasteiger partial charge is 0.141 e. The number of nitrogens with two attached hydrogens (primary N) is 1. The summed E-state index contributed by atoms with van der Waals surface area (Å²) in [5.74, 6) is -0.403. The van der Waals surface area contributed by atoms with E-state index in [2.05, 4.69) is 11.4 Å². The molecular weight excluding hydrogens is 239 g/mol. The van der Waals surface area contributed by atoms with Crippen molar-refractivity contribution in [1.29, 1.82) is 0 Å². The Balaban J connectivity index is 2.62. The highest BCUT2D eigenvalue weighted by molar-refractivity contribution is 6.30. The van der Waals surface area contributed by atoms with Crippen molar-refractivity contribution in [1.82, 2.24) is 5.32 Å². The molecule has 0 heterocycles. The van der Waals surface area contributed by atoms with Crippen LogP contribution in [0, 0.1) is 5.82 Å². The van der Waals surface area contributed by atoms with Gasteiger partial charge in [0.15, 0.2) is 0 Å². The van der Waals surface area contributed by atoms with E-state index in [4.69, 9.17) is 17.3 Å². The first-order valence-corrected chi connectivity index (χ1v) is 6.06. The summed E-state index contributed by atoms with van der Waals surface area (Å²) in [5, 5.41) is 3.45. The van der Waals surface area contributed by atoms with Crippen LogP contribution in [0.2, 0.25) is 5.02 Å². The molecule has 0 saturated heterocycles. The molecule has 3 N–H and O–H groups in total. The molecule has 2 nitrogen and oxygen atoms in total. The number of rotatable bonds is 6. The Labute approximate surface area is 107 Å². The van der Waals surface area contributed by atoms with Crippen molar-refractivity contribution >= 4 is 11.6 Å². The highest BCUT2D eigenvalue weighted by Crippen LogP contribution is 2.20. The van der Waals surface area contributed by atoms with Gasteiger partial charge in [0, 0.05) is 12.6 Å². The molecule has 0 amide bonds. The molecule has 0 saturated carbocycles. The number of hydrogen-bond donors (Lipinski definition) is 2. The minimum absolute atomic E-state index is 0.0124. The van der Waals surface area contributed by atoms with Crippen LogP contribution in [0.25, 0.3) is 0 Å². The van der Waals surface area contributed by atoms with Gasteiger partial charge in [-0.05, 0) is 37.6 Å². The zero-order valence-corrected chi connectivity index (χ0v) is 10.7. The third kappa shape index (κ3) is 4.46. The van der Waals surface area contributed by atoms with Crippen molar-refractivity contribution in [2.75, 3.05) is 13.1 Å². The van der Waals surface area contributed by atoms with Gasteiger partial charge in [0.25, 0.3) is 0 Å². The second kappa shape index (κ2) is 7.43. The molecule has 17 heavy (non-hydrogen) atoms. The zero-order chi connectivity index (χ0) is 12.7. The van der Waals surface area contributed by atoms with Crippen LogP contribution in [0.5, 0.6) is 0 Å². The lowest BCUT2D eigenvalue weighted by Crippen LogP contribution is -2.28. The Bertz CT molecular complexity index is 380. The van der Waals surface area contributed by atoms with Gasteiger partial charge in [-0.2, -0.15) is 0 Å². The molecule has 1 atom stereocenters. The largest absolute Gasteiger partial charge is 0.329 e. The van der Waals surface area contributed by atoms with Crippen molar-refractivity contribution in [2.45, 2.75) is 19.4 Å². The predicted octanol–water partition coefficient (Wildman–Crippen LogP) is 3.03. The first-order chi connectivity index (χ1) is 8.19. The minimum Gasteiger partial charge on any atom is -0.329 e. The van der Waals surface area contributed by atoms with Crippen LogP contribution in [-0.4, -0.2) is 13.1 Å². The molecule has 0 spiro atoms. The normalized spacial score (nSPS) is 13.2. The summed E-state index contributed by atoms with van der Waals surface area (Å²) in [4.78, 5) is 0. The molecule has 0 aromatic heterocycles. The molecule has 0 fully saturated rings. The molecule has 4 heteroatoms. The fourth-order valence-electron chi connectivity index (χ4n) is 1.57. The number of hydrogen-bond acceptors (Lipinski definition) is 2. The fourth-order valence-corrected chi connectivity index (χ4v) is 1.76. The zero-order valence-electron chi connectivity index (χ0n) is 9.92. The third-order valence-electron chi connectivity index (χ3n) is 2.52. The lowest BCUT2D eigenvalue weighted by atomic mass is 10.1. The van der Waals surface area contributed by atoms with Crippen LogP contribution in [0.3, 0.4) is 0 Å². The topological polar surface area (TPSA) is 38.0 Å². The number of benzene rings is 1. The molecule has 1 unspecified atom stereocenters. The van der Waals surface area contributed by atoms with Crippen molar-refractivity contribution in [3.63, 3.8) is 0 Å². The predicted molar refractivity (Wildman–Crippen MR) is 70.6 cm³/mol. The summed E-state index contributed by atoms with van der Waals surface area (Å²) < 4.78 is 13.0. The maximum absolute atomic E-state index is 13.0. The molecule has 0 bridgehead atoms. The van der Waals surface area contributed by atoms with Gasteiger partial charge in [0.2, 0.25) is 0 Å². The Hall–Kier alpha value is -0.900. The van der Waals surface area contributed by atoms with Crippen molar-refractivity contribution in [2.24, 2.45) is 5.73 Å². The average Bonchev–Trinajstić information content (AvgIpc) is 2.33. The second-order valence-corrected chi connectivity index (χ2v) is 4.18. The van der Waals surface area contributed by atoms with E-state index in [1.807, 2.05) is 13.0 Å². The molecular formula is C13H18ClFN2. The molecule has 1 rings (SSSR count). The Morgan fingerprint density at radius 1 is 1.53 bits per heavy atom. The summed E-state index contributed by atoms with van der Waals surface area (Å²) in [5.41, 5.74) is 6.61. The van der Waals surface area contributed by atoms with E-state index < -0.39 is 5.82 Å². The summed E-state index contributed by atoms with van der Waals surface area (Å²) in [7, 11) is 0. The molecule has 0 aliphatic rings. The summed E-state index contributed by atoms with van der Waals surface area (Å²) >= 11 is 5.74. The van der Waals surface area contributed by atoms with Crippen LogP contribution >= 0.6 is 11.6 Å². The second-order valence-electron chi connectivity index (χ2n) is 3.77. The maximum Gasteiger partial charge on any atom is 0.141 e. The molecule has 1 aromatic rings. The van der Waals surface area contributed by atoms with Crippen LogP contribution in [0.1, 0.15) is 24.9 Å². The first-order valence-electron chi connectivity index (χ1n) is 5.68. The van der Waals surface area contributed by atoms with E-state index in [1.165, 1.54) is 6.07 Å². The molecule has 0 radical (unpaired) electrons. The highest BCUT2D eigenvalue weighted by Gasteiger charge is 2.10. The standard InChI is InChI=1S/C13H18ClFN2/c1-2-3-4-7-17-13(9-16)10-5-6-12(15)11(14)8-10/h2-3,5-6,8,13,17H,4,7,9,16H2,1H3/b3-2+. The van der Waals surface area contributed by atoms with E-state index in [0.717, 1.165) is 18.5 Å². The van der Waals surface area contributed by atoms with Gasteiger partial charge in [0.1, 0.15) is 5.82 Å². The summed E-state index contributed by atoms with van der Waals surface area (Å²) in [6.45, 7) is 3.28. The van der Waals surface area contributed by atoms with E-state index in [9.17, 15) is 4.39 Å². The van der Waals surface area contributed by atoms with Gasteiger partial charge in [-0.1, -0.05) is 29.8 Å². The Morgan fingerprint density at radius 3 is 2.88 bits per heavy atom. The van der Waals surface area contributed by atoms with Crippen LogP contribution in [0.15, 0.2) is 30.4 Å². The van der Waals surface area contributed by atoms with E-state index in [-0.39, 0.29) is 11.1 Å². The summed E-state index contributed by atoms with van der Waals surface area (Å²) in [6.07, 6.45) is 5.04. The molecule has 94 valence electrons. The van der Waals surface area contributed by atoms with Crippen molar-refractivity contribution in [3.8, 4) is 0 Å². The quantitative estimate of drug-likeness (QED) is 0.607.